The molecule has 142 valence electrons. The van der Waals surface area contributed by atoms with Gasteiger partial charge in [-0.1, -0.05) is 23.7 Å². The zero-order valence-corrected chi connectivity index (χ0v) is 16.5. The molecule has 3 heterocycles. The maximum Gasteiger partial charge on any atom is 0.247 e. The topological polar surface area (TPSA) is 51.7 Å². The van der Waals surface area contributed by atoms with Crippen molar-refractivity contribution in [1.29, 1.82) is 0 Å². The molecule has 2 aromatic carbocycles. The van der Waals surface area contributed by atoms with E-state index in [1.54, 1.807) is 29.6 Å². The Morgan fingerprint density at radius 2 is 2.18 bits per heavy atom. The first-order chi connectivity index (χ1) is 13.7. The quantitative estimate of drug-likeness (QED) is 0.564. The molecule has 1 fully saturated rings. The second-order valence-electron chi connectivity index (χ2n) is 6.78. The van der Waals surface area contributed by atoms with E-state index in [0.717, 1.165) is 40.2 Å². The fraction of sp³-hybridized carbons (Fsp3) is 0.238. The number of halogens is 1. The van der Waals surface area contributed by atoms with Gasteiger partial charge in [0.25, 0.3) is 0 Å². The van der Waals surface area contributed by atoms with E-state index in [0.29, 0.717) is 16.5 Å². The Morgan fingerprint density at radius 1 is 1.29 bits per heavy atom. The first-order valence-corrected chi connectivity index (χ1v) is 10.3. The van der Waals surface area contributed by atoms with Crippen LogP contribution < -0.4 is 9.47 Å². The highest BCUT2D eigenvalue weighted by molar-refractivity contribution is 7.18. The molecule has 5 rings (SSSR count). The van der Waals surface area contributed by atoms with Gasteiger partial charge in [-0.05, 0) is 48.7 Å². The highest BCUT2D eigenvalue weighted by Gasteiger charge is 2.31. The van der Waals surface area contributed by atoms with Crippen LogP contribution in [0.5, 0.6) is 11.5 Å². The van der Waals surface area contributed by atoms with E-state index in [2.05, 4.69) is 6.07 Å². The Balaban J connectivity index is 1.37. The molecule has 0 spiro atoms. The summed E-state index contributed by atoms with van der Waals surface area (Å²) < 4.78 is 11.9. The van der Waals surface area contributed by atoms with Crippen LogP contribution in [0, 0.1) is 0 Å². The molecule has 0 aliphatic carbocycles. The zero-order chi connectivity index (χ0) is 19.1. The summed E-state index contributed by atoms with van der Waals surface area (Å²) in [6.07, 6.45) is 5.29. The van der Waals surface area contributed by atoms with E-state index in [-0.39, 0.29) is 18.7 Å². The normalized spacial score (nSPS) is 18.5. The first-order valence-electron chi connectivity index (χ1n) is 9.12. The van der Waals surface area contributed by atoms with Gasteiger partial charge in [-0.3, -0.25) is 4.79 Å². The van der Waals surface area contributed by atoms with E-state index in [1.165, 1.54) is 0 Å². The summed E-state index contributed by atoms with van der Waals surface area (Å²) in [4.78, 5) is 19.5. The van der Waals surface area contributed by atoms with Crippen LogP contribution in [-0.2, 0) is 4.79 Å². The highest BCUT2D eigenvalue weighted by Crippen LogP contribution is 2.40. The largest absolute Gasteiger partial charge is 0.454 e. The highest BCUT2D eigenvalue weighted by atomic mass is 35.5. The van der Waals surface area contributed by atoms with Gasteiger partial charge in [0.2, 0.25) is 12.7 Å². The second-order valence-corrected chi connectivity index (χ2v) is 8.25. The zero-order valence-electron chi connectivity index (χ0n) is 14.9. The molecule has 0 radical (unpaired) electrons. The minimum Gasteiger partial charge on any atom is -0.454 e. The van der Waals surface area contributed by atoms with E-state index >= 15 is 0 Å². The van der Waals surface area contributed by atoms with Crippen LogP contribution in [0.1, 0.15) is 29.5 Å². The predicted molar refractivity (Wildman–Crippen MR) is 110 cm³/mol. The van der Waals surface area contributed by atoms with Gasteiger partial charge in [-0.15, -0.1) is 11.3 Å². The van der Waals surface area contributed by atoms with E-state index in [9.17, 15) is 4.79 Å². The Bertz CT molecular complexity index is 1060. The van der Waals surface area contributed by atoms with Crippen LogP contribution in [0.15, 0.2) is 42.5 Å². The first kappa shape index (κ1) is 17.5. The lowest BCUT2D eigenvalue weighted by molar-refractivity contribution is -0.126. The van der Waals surface area contributed by atoms with Gasteiger partial charge in [-0.25, -0.2) is 4.98 Å². The SMILES string of the molecule is O=C(/C=C/c1cc(Cl)c2c(c1)OCO2)N1CCC[C@H]1c1nc2ccccc2s1. The second kappa shape index (κ2) is 7.11. The molecular formula is C21H17ClN2O3S. The lowest BCUT2D eigenvalue weighted by Gasteiger charge is -2.21. The third-order valence-corrected chi connectivity index (χ3v) is 6.42. The van der Waals surface area contributed by atoms with Gasteiger partial charge in [0, 0.05) is 12.6 Å². The van der Waals surface area contributed by atoms with E-state index in [4.69, 9.17) is 26.1 Å². The molecule has 0 bridgehead atoms. The summed E-state index contributed by atoms with van der Waals surface area (Å²) >= 11 is 7.89. The molecule has 7 heteroatoms. The summed E-state index contributed by atoms with van der Waals surface area (Å²) in [5.41, 5.74) is 1.80. The molecule has 0 unspecified atom stereocenters. The number of amides is 1. The van der Waals surface area contributed by atoms with Crippen molar-refractivity contribution in [3.05, 3.63) is 58.1 Å². The summed E-state index contributed by atoms with van der Waals surface area (Å²) in [6.45, 7) is 0.907. The third-order valence-electron chi connectivity index (χ3n) is 5.00. The van der Waals surface area contributed by atoms with E-state index < -0.39 is 0 Å². The molecular weight excluding hydrogens is 396 g/mol. The van der Waals surface area contributed by atoms with Gasteiger partial charge in [-0.2, -0.15) is 0 Å². The lowest BCUT2D eigenvalue weighted by atomic mass is 10.2. The molecule has 1 amide bonds. The Kier molecular flexibility index (Phi) is 4.45. The van der Waals surface area contributed by atoms with Gasteiger partial charge < -0.3 is 14.4 Å². The lowest BCUT2D eigenvalue weighted by Crippen LogP contribution is -2.28. The molecule has 2 aliphatic heterocycles. The molecule has 1 atom stereocenters. The molecule has 28 heavy (non-hydrogen) atoms. The van der Waals surface area contributed by atoms with Crippen molar-refractivity contribution >= 4 is 45.1 Å². The minimum atomic E-state index is -0.0180. The van der Waals surface area contributed by atoms with Crippen molar-refractivity contribution in [3.63, 3.8) is 0 Å². The van der Waals surface area contributed by atoms with Crippen LogP contribution in [0.4, 0.5) is 0 Å². The minimum absolute atomic E-state index is 0.0180. The standard InChI is InChI=1S/C21H17ClN2O3S/c22-14-10-13(11-17-20(14)27-12-26-17)7-8-19(25)24-9-3-5-16(24)21-23-15-4-1-2-6-18(15)28-21/h1-2,4,6-8,10-11,16H,3,5,9,12H2/b8-7+/t16-/m0/s1. The number of carbonyl (C=O) groups is 1. The van der Waals surface area contributed by atoms with Crippen LogP contribution in [-0.4, -0.2) is 29.1 Å². The Morgan fingerprint density at radius 3 is 3.07 bits per heavy atom. The number of rotatable bonds is 3. The number of aromatic nitrogens is 1. The van der Waals surface area contributed by atoms with Gasteiger partial charge >= 0.3 is 0 Å². The molecule has 1 saturated heterocycles. The molecule has 1 aromatic heterocycles. The molecule has 2 aliphatic rings. The summed E-state index contributed by atoms with van der Waals surface area (Å²) in [5, 5.41) is 1.49. The number of fused-ring (bicyclic) bond motifs is 2. The molecule has 5 nitrogen and oxygen atoms in total. The number of benzene rings is 2. The number of likely N-dealkylation sites (tertiary alicyclic amines) is 1. The third kappa shape index (κ3) is 3.12. The van der Waals surface area contributed by atoms with Gasteiger partial charge in [0.15, 0.2) is 11.5 Å². The average molecular weight is 413 g/mol. The fourth-order valence-corrected chi connectivity index (χ4v) is 5.06. The number of ether oxygens (including phenoxy) is 2. The summed E-state index contributed by atoms with van der Waals surface area (Å²) in [6, 6.07) is 11.7. The maximum atomic E-state index is 12.9. The summed E-state index contributed by atoms with van der Waals surface area (Å²) in [7, 11) is 0. The number of para-hydroxylation sites is 1. The summed E-state index contributed by atoms with van der Waals surface area (Å²) in [5.74, 6) is 1.14. The molecule has 0 saturated carbocycles. The monoisotopic (exact) mass is 412 g/mol. The van der Waals surface area contributed by atoms with Gasteiger partial charge in [0.1, 0.15) is 5.01 Å². The molecule has 0 N–H and O–H groups in total. The number of nitrogens with zero attached hydrogens (tertiary/aromatic N) is 2. The number of hydrogen-bond acceptors (Lipinski definition) is 5. The number of carbonyl (C=O) groups excluding carboxylic acids is 1. The van der Waals surface area contributed by atoms with Crippen molar-refractivity contribution in [2.75, 3.05) is 13.3 Å². The van der Waals surface area contributed by atoms with Crippen molar-refractivity contribution in [2.45, 2.75) is 18.9 Å². The van der Waals surface area contributed by atoms with E-state index in [1.807, 2.05) is 29.2 Å². The van der Waals surface area contributed by atoms with Gasteiger partial charge in [0.05, 0.1) is 21.3 Å². The average Bonchev–Trinajstić information content (AvgIpc) is 3.43. The smallest absolute Gasteiger partial charge is 0.247 e. The van der Waals surface area contributed by atoms with Crippen LogP contribution in [0.3, 0.4) is 0 Å². The number of thiazole rings is 1. The van der Waals surface area contributed by atoms with Crippen LogP contribution >= 0.6 is 22.9 Å². The van der Waals surface area contributed by atoms with Crippen molar-refractivity contribution in [2.24, 2.45) is 0 Å². The Labute approximate surface area is 171 Å². The van der Waals surface area contributed by atoms with Crippen molar-refractivity contribution < 1.29 is 14.3 Å². The van der Waals surface area contributed by atoms with Crippen LogP contribution in [0.25, 0.3) is 16.3 Å². The molecule has 3 aromatic rings. The number of hydrogen-bond donors (Lipinski definition) is 0. The maximum absolute atomic E-state index is 12.9. The predicted octanol–water partition coefficient (Wildman–Crippen LogP) is 5.06. The van der Waals surface area contributed by atoms with Crippen LogP contribution in [0.2, 0.25) is 5.02 Å². The Hall–Kier alpha value is -2.57. The van der Waals surface area contributed by atoms with Crippen molar-refractivity contribution in [1.82, 2.24) is 9.88 Å². The fourth-order valence-electron chi connectivity index (χ4n) is 3.67. The van der Waals surface area contributed by atoms with Crippen molar-refractivity contribution in [3.8, 4) is 11.5 Å².